The maximum Gasteiger partial charge on any atom is 0.225 e. The molecule has 1 N–H and O–H groups in total. The van der Waals surface area contributed by atoms with E-state index in [9.17, 15) is 5.11 Å². The van der Waals surface area contributed by atoms with Crippen LogP contribution in [0.1, 0.15) is 11.7 Å². The highest BCUT2D eigenvalue weighted by atomic mass is 16.3. The summed E-state index contributed by atoms with van der Waals surface area (Å²) in [6, 6.07) is 10.1. The van der Waals surface area contributed by atoms with E-state index in [-0.39, 0.29) is 0 Å². The lowest BCUT2D eigenvalue weighted by Gasteiger charge is -2.35. The first-order valence-corrected chi connectivity index (χ1v) is 8.69. The minimum absolute atomic E-state index is 0.481. The van der Waals surface area contributed by atoms with E-state index in [4.69, 9.17) is 0 Å². The van der Waals surface area contributed by atoms with Crippen molar-refractivity contribution in [3.8, 4) is 0 Å². The molecule has 1 aliphatic rings. The summed E-state index contributed by atoms with van der Waals surface area (Å²) in [4.78, 5) is 13.1. The minimum Gasteiger partial charge on any atom is -0.387 e. The fourth-order valence-electron chi connectivity index (χ4n) is 3.57. The molecule has 1 saturated heterocycles. The number of anilines is 1. The van der Waals surface area contributed by atoms with Gasteiger partial charge in [-0.25, -0.2) is 9.97 Å². The SMILES string of the molecule is Cn1cc(C(O)CN2CCN(c3ncccn3)CC2)c2ccccc21. The number of rotatable bonds is 4. The van der Waals surface area contributed by atoms with Gasteiger partial charge in [-0.1, -0.05) is 18.2 Å². The Kier molecular flexibility index (Phi) is 4.38. The molecule has 1 atom stereocenters. The zero-order chi connectivity index (χ0) is 17.2. The molecule has 1 aromatic carbocycles. The monoisotopic (exact) mass is 337 g/mol. The molecular weight excluding hydrogens is 314 g/mol. The van der Waals surface area contributed by atoms with E-state index in [1.54, 1.807) is 12.4 Å². The van der Waals surface area contributed by atoms with Crippen LogP contribution in [0.15, 0.2) is 48.9 Å². The number of aliphatic hydroxyl groups excluding tert-OH is 1. The number of piperazine rings is 1. The average Bonchev–Trinajstić information content (AvgIpc) is 3.00. The van der Waals surface area contributed by atoms with Gasteiger partial charge in [-0.05, 0) is 12.1 Å². The summed E-state index contributed by atoms with van der Waals surface area (Å²) in [7, 11) is 2.02. The van der Waals surface area contributed by atoms with Gasteiger partial charge in [-0.2, -0.15) is 0 Å². The van der Waals surface area contributed by atoms with Crippen molar-refractivity contribution in [3.05, 3.63) is 54.5 Å². The molecular formula is C19H23N5O. The molecule has 6 nitrogen and oxygen atoms in total. The number of nitrogens with zero attached hydrogens (tertiary/aromatic N) is 5. The first-order valence-electron chi connectivity index (χ1n) is 8.69. The first kappa shape index (κ1) is 16.1. The fourth-order valence-corrected chi connectivity index (χ4v) is 3.57. The molecule has 25 heavy (non-hydrogen) atoms. The van der Waals surface area contributed by atoms with E-state index >= 15 is 0 Å². The second kappa shape index (κ2) is 6.82. The van der Waals surface area contributed by atoms with Crippen LogP contribution in [-0.2, 0) is 7.05 Å². The Morgan fingerprint density at radius 2 is 1.76 bits per heavy atom. The molecule has 0 amide bonds. The molecule has 6 heteroatoms. The fraction of sp³-hybridized carbons (Fsp3) is 0.368. The van der Waals surface area contributed by atoms with Crippen molar-refractivity contribution in [2.24, 2.45) is 7.05 Å². The number of para-hydroxylation sites is 1. The van der Waals surface area contributed by atoms with E-state index in [1.807, 2.05) is 31.4 Å². The average molecular weight is 337 g/mol. The Hall–Kier alpha value is -2.44. The van der Waals surface area contributed by atoms with Crippen LogP contribution >= 0.6 is 0 Å². The third-order valence-electron chi connectivity index (χ3n) is 4.93. The van der Waals surface area contributed by atoms with Crippen LogP contribution in [0.3, 0.4) is 0 Å². The predicted octanol–water partition coefficient (Wildman–Crippen LogP) is 1.82. The second-order valence-electron chi connectivity index (χ2n) is 6.56. The number of benzene rings is 1. The van der Waals surface area contributed by atoms with Crippen LogP contribution in [-0.4, -0.2) is 57.3 Å². The van der Waals surface area contributed by atoms with Crippen molar-refractivity contribution in [1.29, 1.82) is 0 Å². The molecule has 0 bridgehead atoms. The Balaban J connectivity index is 1.41. The second-order valence-corrected chi connectivity index (χ2v) is 6.56. The number of aromatic nitrogens is 3. The van der Waals surface area contributed by atoms with Crippen LogP contribution < -0.4 is 4.90 Å². The molecule has 4 rings (SSSR count). The zero-order valence-electron chi connectivity index (χ0n) is 14.4. The van der Waals surface area contributed by atoms with Crippen molar-refractivity contribution in [3.63, 3.8) is 0 Å². The smallest absolute Gasteiger partial charge is 0.225 e. The minimum atomic E-state index is -0.481. The van der Waals surface area contributed by atoms with Gasteiger partial charge in [0, 0.05) is 74.8 Å². The molecule has 3 aromatic rings. The third-order valence-corrected chi connectivity index (χ3v) is 4.93. The van der Waals surface area contributed by atoms with Crippen LogP contribution in [0, 0.1) is 0 Å². The Labute approximate surface area is 147 Å². The highest BCUT2D eigenvalue weighted by Gasteiger charge is 2.22. The van der Waals surface area contributed by atoms with E-state index in [1.165, 1.54) is 0 Å². The van der Waals surface area contributed by atoms with Crippen LogP contribution in [0.25, 0.3) is 10.9 Å². The van der Waals surface area contributed by atoms with Gasteiger partial charge < -0.3 is 14.6 Å². The molecule has 2 aromatic heterocycles. The number of β-amino-alcohol motifs (C(OH)–C–C–N with tert-alkyl or cyclic N) is 1. The first-order chi connectivity index (χ1) is 12.2. The molecule has 1 aliphatic heterocycles. The maximum absolute atomic E-state index is 10.8. The largest absolute Gasteiger partial charge is 0.387 e. The summed E-state index contributed by atoms with van der Waals surface area (Å²) in [6.07, 6.45) is 5.12. The summed E-state index contributed by atoms with van der Waals surface area (Å²) in [5.41, 5.74) is 2.16. The lowest BCUT2D eigenvalue weighted by atomic mass is 10.1. The summed E-state index contributed by atoms with van der Waals surface area (Å²) in [6.45, 7) is 4.22. The predicted molar refractivity (Wildman–Crippen MR) is 98.6 cm³/mol. The zero-order valence-corrected chi connectivity index (χ0v) is 14.4. The van der Waals surface area contributed by atoms with E-state index in [2.05, 4.69) is 36.5 Å². The van der Waals surface area contributed by atoms with Gasteiger partial charge in [0.2, 0.25) is 5.95 Å². The Morgan fingerprint density at radius 3 is 2.52 bits per heavy atom. The van der Waals surface area contributed by atoms with Gasteiger partial charge in [-0.3, -0.25) is 4.90 Å². The topological polar surface area (TPSA) is 57.4 Å². The van der Waals surface area contributed by atoms with Gasteiger partial charge in [0.15, 0.2) is 0 Å². The van der Waals surface area contributed by atoms with Crippen molar-refractivity contribution < 1.29 is 5.11 Å². The summed E-state index contributed by atoms with van der Waals surface area (Å²) in [5, 5.41) is 11.9. The van der Waals surface area contributed by atoms with Gasteiger partial charge in [-0.15, -0.1) is 0 Å². The third kappa shape index (κ3) is 3.23. The molecule has 0 spiro atoms. The van der Waals surface area contributed by atoms with E-state index in [0.29, 0.717) is 6.54 Å². The lowest BCUT2D eigenvalue weighted by molar-refractivity contribution is 0.110. The highest BCUT2D eigenvalue weighted by Crippen LogP contribution is 2.26. The molecule has 130 valence electrons. The molecule has 0 radical (unpaired) electrons. The Bertz CT molecular complexity index is 839. The van der Waals surface area contributed by atoms with Gasteiger partial charge in [0.25, 0.3) is 0 Å². The quantitative estimate of drug-likeness (QED) is 0.787. The molecule has 3 heterocycles. The van der Waals surface area contributed by atoms with Crippen LogP contribution in [0.2, 0.25) is 0 Å². The van der Waals surface area contributed by atoms with E-state index < -0.39 is 6.10 Å². The van der Waals surface area contributed by atoms with Gasteiger partial charge >= 0.3 is 0 Å². The summed E-state index contributed by atoms with van der Waals surface area (Å²) in [5.74, 6) is 0.789. The van der Waals surface area contributed by atoms with Crippen LogP contribution in [0.4, 0.5) is 5.95 Å². The standard InChI is InChI=1S/C19H23N5O/c1-22-13-16(15-5-2-3-6-17(15)22)18(25)14-23-9-11-24(12-10-23)19-20-7-4-8-21-19/h2-8,13,18,25H,9-12,14H2,1H3. The van der Waals surface area contributed by atoms with Crippen molar-refractivity contribution in [2.45, 2.75) is 6.10 Å². The molecule has 1 unspecified atom stereocenters. The van der Waals surface area contributed by atoms with Crippen molar-refractivity contribution in [2.75, 3.05) is 37.6 Å². The van der Waals surface area contributed by atoms with Crippen molar-refractivity contribution in [1.82, 2.24) is 19.4 Å². The number of hydrogen-bond donors (Lipinski definition) is 1. The van der Waals surface area contributed by atoms with Gasteiger partial charge in [0.05, 0.1) is 6.10 Å². The number of aliphatic hydroxyl groups is 1. The summed E-state index contributed by atoms with van der Waals surface area (Å²) < 4.78 is 2.08. The van der Waals surface area contributed by atoms with Crippen molar-refractivity contribution >= 4 is 16.9 Å². The summed E-state index contributed by atoms with van der Waals surface area (Å²) >= 11 is 0. The molecule has 1 fully saturated rings. The Morgan fingerprint density at radius 1 is 1.04 bits per heavy atom. The maximum atomic E-state index is 10.8. The lowest BCUT2D eigenvalue weighted by Crippen LogP contribution is -2.48. The van der Waals surface area contributed by atoms with E-state index in [0.717, 1.165) is 48.6 Å². The number of hydrogen-bond acceptors (Lipinski definition) is 5. The number of fused-ring (bicyclic) bond motifs is 1. The van der Waals surface area contributed by atoms with Gasteiger partial charge in [0.1, 0.15) is 0 Å². The highest BCUT2D eigenvalue weighted by molar-refractivity contribution is 5.84. The normalized spacial score (nSPS) is 17.1. The number of aryl methyl sites for hydroxylation is 1. The molecule has 0 aliphatic carbocycles. The molecule has 0 saturated carbocycles. The van der Waals surface area contributed by atoms with Crippen LogP contribution in [0.5, 0.6) is 0 Å².